The van der Waals surface area contributed by atoms with Gasteiger partial charge in [0.05, 0.1) is 12.1 Å². The van der Waals surface area contributed by atoms with Crippen LogP contribution in [0.25, 0.3) is 5.76 Å². The number of methoxy groups -OCH3 is 1. The van der Waals surface area contributed by atoms with E-state index in [2.05, 4.69) is 20.4 Å². The molecule has 0 aromatic heterocycles. The van der Waals surface area contributed by atoms with Crippen LogP contribution < -0.4 is 0 Å². The molecule has 0 aliphatic heterocycles. The first-order chi connectivity index (χ1) is 13.7. The van der Waals surface area contributed by atoms with Gasteiger partial charge in [-0.15, -0.1) is 6.58 Å². The van der Waals surface area contributed by atoms with Crippen LogP contribution in [0.4, 0.5) is 0 Å². The Balaban J connectivity index is 0.00000145. The molecule has 0 heterocycles. The van der Waals surface area contributed by atoms with Gasteiger partial charge in [-0.25, -0.2) is 0 Å². The van der Waals surface area contributed by atoms with Crippen LogP contribution in [0, 0.1) is 23.7 Å². The quantitative estimate of drug-likeness (QED) is 0.396. The third-order valence-corrected chi connectivity index (χ3v) is 7.11. The molecule has 2 nitrogen and oxygen atoms in total. The molecule has 3 rings (SSSR count). The molecule has 29 heavy (non-hydrogen) atoms. The lowest BCUT2D eigenvalue weighted by Crippen LogP contribution is -2.32. The van der Waals surface area contributed by atoms with Gasteiger partial charge >= 0.3 is 0 Å². The van der Waals surface area contributed by atoms with E-state index in [1.807, 2.05) is 45.9 Å². The summed E-state index contributed by atoms with van der Waals surface area (Å²) in [6.07, 6.45) is 6.87. The van der Waals surface area contributed by atoms with E-state index in [1.165, 1.54) is 31.3 Å². The zero-order valence-corrected chi connectivity index (χ0v) is 20.1. The maximum absolute atomic E-state index is 10.8. The van der Waals surface area contributed by atoms with Gasteiger partial charge < -0.3 is 9.84 Å². The van der Waals surface area contributed by atoms with E-state index >= 15 is 0 Å². The molecule has 0 saturated heterocycles. The molecule has 1 aromatic rings. The summed E-state index contributed by atoms with van der Waals surface area (Å²) >= 11 is 6.67. The minimum atomic E-state index is -0.350. The van der Waals surface area contributed by atoms with Gasteiger partial charge in [0.15, 0.2) is 0 Å². The molecule has 4 unspecified atom stereocenters. The number of fused-ring (bicyclic) bond motifs is 2. The Hall–Kier alpha value is -1.41. The minimum Gasteiger partial charge on any atom is -0.506 e. The first kappa shape index (κ1) is 23.9. The SMILES string of the molecule is C=CC(C)(C)c1ccc(/C(OC)=C2\C(C)CC3CC(C)CC2C3)c(Cl)c1O.CC. The maximum atomic E-state index is 10.8. The second kappa shape index (κ2) is 9.60. The molecule has 1 N–H and O–H groups in total. The number of hydrogen-bond donors (Lipinski definition) is 1. The van der Waals surface area contributed by atoms with Crippen LogP contribution in [0.15, 0.2) is 30.4 Å². The molecule has 4 atom stereocenters. The summed E-state index contributed by atoms with van der Waals surface area (Å²) in [6, 6.07) is 3.96. The first-order valence-corrected chi connectivity index (χ1v) is 11.5. The number of rotatable bonds is 4. The summed E-state index contributed by atoms with van der Waals surface area (Å²) in [6.45, 7) is 16.6. The van der Waals surface area contributed by atoms with E-state index < -0.39 is 0 Å². The van der Waals surface area contributed by atoms with Crippen LogP contribution in [-0.4, -0.2) is 12.2 Å². The van der Waals surface area contributed by atoms with Gasteiger partial charge in [0, 0.05) is 16.5 Å². The number of allylic oxidation sites excluding steroid dienone is 2. The highest BCUT2D eigenvalue weighted by atomic mass is 35.5. The molecule has 2 aliphatic rings. The zero-order valence-electron chi connectivity index (χ0n) is 19.3. The van der Waals surface area contributed by atoms with Crippen molar-refractivity contribution in [3.8, 4) is 5.75 Å². The Bertz CT molecular complexity index is 758. The second-order valence-electron chi connectivity index (χ2n) is 9.25. The Labute approximate surface area is 183 Å². The van der Waals surface area contributed by atoms with Crippen LogP contribution in [0.2, 0.25) is 5.02 Å². The summed E-state index contributed by atoms with van der Waals surface area (Å²) in [7, 11) is 1.72. The summed E-state index contributed by atoms with van der Waals surface area (Å²) in [4.78, 5) is 0. The van der Waals surface area contributed by atoms with E-state index in [0.717, 1.165) is 28.7 Å². The Morgan fingerprint density at radius 2 is 1.83 bits per heavy atom. The fourth-order valence-electron chi connectivity index (χ4n) is 5.38. The van der Waals surface area contributed by atoms with Gasteiger partial charge in [-0.2, -0.15) is 0 Å². The number of aromatic hydroxyl groups is 1. The van der Waals surface area contributed by atoms with Gasteiger partial charge in [-0.1, -0.05) is 65.3 Å². The fourth-order valence-corrected chi connectivity index (χ4v) is 5.63. The highest BCUT2D eigenvalue weighted by Gasteiger charge is 2.39. The van der Waals surface area contributed by atoms with Crippen molar-refractivity contribution in [3.05, 3.63) is 46.5 Å². The fraction of sp³-hybridized carbons (Fsp3) is 0.615. The molecule has 0 radical (unpaired) electrons. The van der Waals surface area contributed by atoms with E-state index in [1.54, 1.807) is 7.11 Å². The van der Waals surface area contributed by atoms with Crippen molar-refractivity contribution >= 4 is 17.4 Å². The lowest BCUT2D eigenvalue weighted by Gasteiger charge is -2.43. The molecular formula is C26H39ClO2. The number of ether oxygens (including phenoxy) is 1. The Morgan fingerprint density at radius 3 is 2.41 bits per heavy atom. The van der Waals surface area contributed by atoms with Gasteiger partial charge in [0.25, 0.3) is 0 Å². The standard InChI is InChI=1S/C24H33ClO2.C2H6/c1-7-24(4,5)19-9-8-18(21(25)22(19)26)23(27-6)20-15(3)12-16-10-14(2)11-17(20)13-16;1-2/h7-9,14-17,26H,1,10-13H2,2-6H3;1-2H3/b23-20-;. The number of hydrogen-bond acceptors (Lipinski definition) is 2. The topological polar surface area (TPSA) is 29.5 Å². The third-order valence-electron chi connectivity index (χ3n) is 6.73. The molecule has 2 bridgehead atoms. The van der Waals surface area contributed by atoms with Crippen LogP contribution >= 0.6 is 11.6 Å². The van der Waals surface area contributed by atoms with Crippen LogP contribution in [0.1, 0.15) is 78.4 Å². The van der Waals surface area contributed by atoms with Crippen molar-refractivity contribution in [2.75, 3.05) is 7.11 Å². The third kappa shape index (κ3) is 4.68. The van der Waals surface area contributed by atoms with E-state index in [4.69, 9.17) is 16.3 Å². The molecule has 162 valence electrons. The number of benzene rings is 1. The van der Waals surface area contributed by atoms with Crippen LogP contribution in [0.5, 0.6) is 5.75 Å². The van der Waals surface area contributed by atoms with Crippen LogP contribution in [-0.2, 0) is 10.2 Å². The van der Waals surface area contributed by atoms with Gasteiger partial charge in [0.2, 0.25) is 0 Å². The summed E-state index contributed by atoms with van der Waals surface area (Å²) in [5.41, 5.74) is 2.63. The molecule has 1 aromatic carbocycles. The smallest absolute Gasteiger partial charge is 0.138 e. The van der Waals surface area contributed by atoms with Gasteiger partial charge in [-0.3, -0.25) is 0 Å². The number of halogens is 1. The van der Waals surface area contributed by atoms with Crippen molar-refractivity contribution in [3.63, 3.8) is 0 Å². The van der Waals surface area contributed by atoms with Crippen molar-refractivity contribution in [1.29, 1.82) is 0 Å². The van der Waals surface area contributed by atoms with Crippen molar-refractivity contribution in [2.24, 2.45) is 23.7 Å². The monoisotopic (exact) mass is 418 g/mol. The van der Waals surface area contributed by atoms with Gasteiger partial charge in [-0.05, 0) is 61.0 Å². The van der Waals surface area contributed by atoms with Crippen molar-refractivity contribution < 1.29 is 9.84 Å². The van der Waals surface area contributed by atoms with Gasteiger partial charge in [0.1, 0.15) is 11.5 Å². The van der Waals surface area contributed by atoms with E-state index in [9.17, 15) is 5.11 Å². The lowest BCUT2D eigenvalue weighted by atomic mass is 9.62. The zero-order chi connectivity index (χ0) is 21.9. The second-order valence-corrected chi connectivity index (χ2v) is 9.63. The minimum absolute atomic E-state index is 0.132. The van der Waals surface area contributed by atoms with E-state index in [0.29, 0.717) is 16.9 Å². The molecule has 2 saturated carbocycles. The number of phenolic OH excluding ortho intramolecular Hbond substituents is 1. The average Bonchev–Trinajstić information content (AvgIpc) is 2.68. The first-order valence-electron chi connectivity index (χ1n) is 11.1. The van der Waals surface area contributed by atoms with E-state index in [-0.39, 0.29) is 11.2 Å². The largest absolute Gasteiger partial charge is 0.506 e. The number of phenols is 1. The molecule has 2 fully saturated rings. The summed E-state index contributed by atoms with van der Waals surface area (Å²) in [5.74, 6) is 3.62. The highest BCUT2D eigenvalue weighted by Crippen LogP contribution is 2.51. The predicted molar refractivity (Wildman–Crippen MR) is 125 cm³/mol. The average molecular weight is 419 g/mol. The Kier molecular flexibility index (Phi) is 7.90. The van der Waals surface area contributed by atoms with Crippen molar-refractivity contribution in [1.82, 2.24) is 0 Å². The molecule has 0 amide bonds. The maximum Gasteiger partial charge on any atom is 0.138 e. The molecule has 3 heteroatoms. The summed E-state index contributed by atoms with van der Waals surface area (Å²) < 4.78 is 5.92. The Morgan fingerprint density at radius 1 is 1.17 bits per heavy atom. The van der Waals surface area contributed by atoms with Crippen molar-refractivity contribution in [2.45, 2.75) is 72.6 Å². The lowest BCUT2D eigenvalue weighted by molar-refractivity contribution is 0.158. The molecule has 0 spiro atoms. The summed E-state index contributed by atoms with van der Waals surface area (Å²) in [5, 5.41) is 11.2. The molecular weight excluding hydrogens is 380 g/mol. The van der Waals surface area contributed by atoms with Crippen LogP contribution in [0.3, 0.4) is 0 Å². The molecule has 2 aliphatic carbocycles. The normalized spacial score (nSPS) is 28.1. The predicted octanol–water partition coefficient (Wildman–Crippen LogP) is 7.99. The highest BCUT2D eigenvalue weighted by molar-refractivity contribution is 6.33.